The first-order chi connectivity index (χ1) is 12.7. The predicted octanol–water partition coefficient (Wildman–Crippen LogP) is 5.02. The Labute approximate surface area is 171 Å². The van der Waals surface area contributed by atoms with Crippen molar-refractivity contribution in [2.75, 3.05) is 6.54 Å². The fourth-order valence-corrected chi connectivity index (χ4v) is 2.62. The molecule has 1 N–H and O–H groups in total. The molecule has 28 heavy (non-hydrogen) atoms. The molecule has 2 rings (SSSR count). The summed E-state index contributed by atoms with van der Waals surface area (Å²) in [5.41, 5.74) is -0.497. The Kier molecular flexibility index (Phi) is 6.53. The maximum Gasteiger partial charge on any atom is 0.492 e. The summed E-state index contributed by atoms with van der Waals surface area (Å²) in [7, 11) is -0.696. The third-order valence-corrected chi connectivity index (χ3v) is 4.99. The van der Waals surface area contributed by atoms with E-state index in [1.165, 1.54) is 12.1 Å². The van der Waals surface area contributed by atoms with Gasteiger partial charge in [-0.15, -0.1) is 0 Å². The Morgan fingerprint density at radius 2 is 1.82 bits per heavy atom. The van der Waals surface area contributed by atoms with Crippen LogP contribution in [-0.2, 0) is 14.0 Å². The van der Waals surface area contributed by atoms with Crippen LogP contribution in [-0.4, -0.2) is 36.6 Å². The summed E-state index contributed by atoms with van der Waals surface area (Å²) in [5.74, 6) is -0.524. The number of carbonyl (C=O) groups is 1. The molecule has 1 heterocycles. The molecule has 1 aromatic rings. The zero-order valence-corrected chi connectivity index (χ0v) is 18.2. The summed E-state index contributed by atoms with van der Waals surface area (Å²) in [4.78, 5) is 12.1. The minimum atomic E-state index is -0.696. The number of carbonyl (C=O) groups excluding carboxylic acids is 1. The van der Waals surface area contributed by atoms with Gasteiger partial charge in [-0.2, -0.15) is 0 Å². The highest BCUT2D eigenvalue weighted by atomic mass is 35.5. The first-order valence-electron chi connectivity index (χ1n) is 9.18. The number of alkyl carbamates (subject to hydrolysis) is 1. The number of benzene rings is 1. The van der Waals surface area contributed by atoms with E-state index in [-0.39, 0.29) is 11.6 Å². The third kappa shape index (κ3) is 5.72. The highest BCUT2D eigenvalue weighted by Gasteiger charge is 2.52. The number of halogens is 2. The molecule has 1 aliphatic rings. The maximum absolute atomic E-state index is 13.8. The molecule has 1 amide bonds. The molecule has 1 aromatic carbocycles. The van der Waals surface area contributed by atoms with Crippen molar-refractivity contribution in [3.05, 3.63) is 40.1 Å². The van der Waals surface area contributed by atoms with Gasteiger partial charge in [0.25, 0.3) is 0 Å². The van der Waals surface area contributed by atoms with Crippen LogP contribution in [0.3, 0.4) is 0 Å². The normalized spacial score (nSPS) is 18.9. The molecule has 0 unspecified atom stereocenters. The lowest BCUT2D eigenvalue weighted by Gasteiger charge is -2.32. The molecule has 1 fully saturated rings. The van der Waals surface area contributed by atoms with Gasteiger partial charge in [-0.3, -0.25) is 0 Å². The van der Waals surface area contributed by atoms with Crippen molar-refractivity contribution in [1.29, 1.82) is 0 Å². The van der Waals surface area contributed by atoms with Gasteiger partial charge in [0.15, 0.2) is 0 Å². The van der Waals surface area contributed by atoms with Crippen molar-refractivity contribution < 1.29 is 23.2 Å². The highest BCUT2D eigenvalue weighted by molar-refractivity contribution is 6.56. The SMILES string of the molecule is CC(C)(C)OC(=O)NCC(=Cc1ccc(Cl)c(F)c1)B1OC(C)(C)C(C)(C)O1. The molecule has 1 aliphatic heterocycles. The zero-order valence-electron chi connectivity index (χ0n) is 17.5. The first kappa shape index (κ1) is 22.7. The van der Waals surface area contributed by atoms with Crippen LogP contribution >= 0.6 is 11.6 Å². The monoisotopic (exact) mass is 411 g/mol. The van der Waals surface area contributed by atoms with E-state index in [4.69, 9.17) is 25.6 Å². The number of hydrogen-bond donors (Lipinski definition) is 1. The van der Waals surface area contributed by atoms with E-state index in [1.54, 1.807) is 32.9 Å². The Hall–Kier alpha value is -1.57. The summed E-state index contributed by atoms with van der Waals surface area (Å²) in [6.45, 7) is 13.2. The molecule has 0 saturated carbocycles. The van der Waals surface area contributed by atoms with Gasteiger partial charge in [0.2, 0.25) is 0 Å². The number of nitrogens with one attached hydrogen (secondary N) is 1. The van der Waals surface area contributed by atoms with E-state index in [1.807, 2.05) is 27.7 Å². The quantitative estimate of drug-likeness (QED) is 0.707. The largest absolute Gasteiger partial charge is 0.492 e. The van der Waals surface area contributed by atoms with E-state index >= 15 is 0 Å². The van der Waals surface area contributed by atoms with Crippen molar-refractivity contribution in [3.63, 3.8) is 0 Å². The Morgan fingerprint density at radius 1 is 1.25 bits per heavy atom. The Bertz CT molecular complexity index is 758. The molecule has 0 atom stereocenters. The highest BCUT2D eigenvalue weighted by Crippen LogP contribution is 2.38. The van der Waals surface area contributed by atoms with Crippen LogP contribution in [0.5, 0.6) is 0 Å². The van der Waals surface area contributed by atoms with Gasteiger partial charge in [-0.25, -0.2) is 9.18 Å². The Morgan fingerprint density at radius 3 is 2.32 bits per heavy atom. The van der Waals surface area contributed by atoms with E-state index in [2.05, 4.69) is 5.32 Å². The van der Waals surface area contributed by atoms with Gasteiger partial charge in [0.05, 0.1) is 16.2 Å². The molecule has 1 saturated heterocycles. The molecule has 5 nitrogen and oxygen atoms in total. The van der Waals surface area contributed by atoms with Gasteiger partial charge in [-0.05, 0) is 71.6 Å². The van der Waals surface area contributed by atoms with Crippen molar-refractivity contribution >= 4 is 30.9 Å². The average Bonchev–Trinajstić information content (AvgIpc) is 2.73. The summed E-state index contributed by atoms with van der Waals surface area (Å²) >= 11 is 5.76. The van der Waals surface area contributed by atoms with Crippen molar-refractivity contribution in [2.45, 2.75) is 65.3 Å². The molecule has 0 aromatic heterocycles. The topological polar surface area (TPSA) is 56.8 Å². The van der Waals surface area contributed by atoms with Crippen LogP contribution in [0.2, 0.25) is 5.02 Å². The second-order valence-corrected chi connectivity index (χ2v) is 9.24. The number of ether oxygens (including phenoxy) is 1. The van der Waals surface area contributed by atoms with E-state index in [9.17, 15) is 9.18 Å². The van der Waals surface area contributed by atoms with Crippen LogP contribution in [0.15, 0.2) is 23.7 Å². The van der Waals surface area contributed by atoms with E-state index in [0.717, 1.165) is 0 Å². The van der Waals surface area contributed by atoms with Gasteiger partial charge in [0.1, 0.15) is 11.4 Å². The molecule has 0 bridgehead atoms. The third-order valence-electron chi connectivity index (χ3n) is 4.69. The lowest BCUT2D eigenvalue weighted by molar-refractivity contribution is 0.00578. The van der Waals surface area contributed by atoms with Gasteiger partial charge < -0.3 is 19.4 Å². The van der Waals surface area contributed by atoms with Gasteiger partial charge in [0, 0.05) is 6.54 Å². The van der Waals surface area contributed by atoms with Gasteiger partial charge >= 0.3 is 13.2 Å². The maximum atomic E-state index is 13.8. The summed E-state index contributed by atoms with van der Waals surface area (Å²) in [6, 6.07) is 4.48. The second-order valence-electron chi connectivity index (χ2n) is 8.84. The smallest absolute Gasteiger partial charge is 0.444 e. The number of amides is 1. The van der Waals surface area contributed by atoms with E-state index < -0.39 is 35.8 Å². The van der Waals surface area contributed by atoms with Crippen LogP contribution < -0.4 is 5.32 Å². The van der Waals surface area contributed by atoms with Crippen LogP contribution in [0.4, 0.5) is 9.18 Å². The predicted molar refractivity (Wildman–Crippen MR) is 110 cm³/mol. The minimum absolute atomic E-state index is 0.0428. The van der Waals surface area contributed by atoms with Gasteiger partial charge in [-0.1, -0.05) is 23.7 Å². The lowest BCUT2D eigenvalue weighted by Crippen LogP contribution is -2.41. The molecular formula is C20H28BClFNO4. The lowest BCUT2D eigenvalue weighted by atomic mass is 9.77. The summed E-state index contributed by atoms with van der Waals surface area (Å²) in [5, 5.41) is 2.75. The molecular weight excluding hydrogens is 383 g/mol. The summed E-state index contributed by atoms with van der Waals surface area (Å²) in [6.07, 6.45) is 1.16. The number of rotatable bonds is 4. The fraction of sp³-hybridized carbons (Fsp3) is 0.550. The Balaban J connectivity index is 2.27. The number of hydrogen-bond acceptors (Lipinski definition) is 4. The second kappa shape index (κ2) is 8.05. The van der Waals surface area contributed by atoms with Crippen LogP contribution in [0, 0.1) is 5.82 Å². The first-order valence-corrected chi connectivity index (χ1v) is 9.56. The van der Waals surface area contributed by atoms with Crippen molar-refractivity contribution in [3.8, 4) is 0 Å². The minimum Gasteiger partial charge on any atom is -0.444 e. The van der Waals surface area contributed by atoms with Crippen molar-refractivity contribution in [2.24, 2.45) is 0 Å². The molecule has 0 aliphatic carbocycles. The zero-order chi connectivity index (χ0) is 21.3. The van der Waals surface area contributed by atoms with Crippen molar-refractivity contribution in [1.82, 2.24) is 5.32 Å². The van der Waals surface area contributed by atoms with Crippen LogP contribution in [0.1, 0.15) is 54.0 Å². The standard InChI is InChI=1S/C20H28BClFNO4/c1-18(2,3)26-17(25)24-12-14(10-13-8-9-15(22)16(23)11-13)21-27-19(4,5)20(6,7)28-21/h8-11H,12H2,1-7H3,(H,24,25). The molecule has 0 spiro atoms. The molecule has 0 radical (unpaired) electrons. The molecule has 154 valence electrons. The average molecular weight is 412 g/mol. The summed E-state index contributed by atoms with van der Waals surface area (Å²) < 4.78 is 31.3. The fourth-order valence-electron chi connectivity index (χ4n) is 2.50. The van der Waals surface area contributed by atoms with E-state index in [0.29, 0.717) is 11.0 Å². The van der Waals surface area contributed by atoms with Crippen LogP contribution in [0.25, 0.3) is 6.08 Å². The molecule has 8 heteroatoms.